The van der Waals surface area contributed by atoms with Gasteiger partial charge in [-0.1, -0.05) is 6.07 Å². The van der Waals surface area contributed by atoms with Crippen molar-refractivity contribution < 1.29 is 23.4 Å². The molecular formula is C21H24FN3O4. The summed E-state index contributed by atoms with van der Waals surface area (Å²) in [5.41, 5.74) is 0.812. The van der Waals surface area contributed by atoms with Crippen LogP contribution in [0, 0.1) is 5.82 Å². The van der Waals surface area contributed by atoms with E-state index in [2.05, 4.69) is 15.6 Å². The molecule has 0 aliphatic carbocycles. The molecule has 1 heterocycles. The van der Waals surface area contributed by atoms with Gasteiger partial charge in [0, 0.05) is 36.1 Å². The molecule has 2 aromatic rings. The number of methoxy groups -OCH3 is 2. The fourth-order valence-electron chi connectivity index (χ4n) is 2.92. The Labute approximate surface area is 168 Å². The van der Waals surface area contributed by atoms with Crippen LogP contribution in [-0.2, 0) is 4.74 Å². The molecule has 1 aliphatic rings. The van der Waals surface area contributed by atoms with Crippen molar-refractivity contribution in [2.75, 3.05) is 32.7 Å². The van der Waals surface area contributed by atoms with Crippen molar-refractivity contribution in [2.24, 2.45) is 4.99 Å². The largest absolute Gasteiger partial charge is 0.497 e. The van der Waals surface area contributed by atoms with Gasteiger partial charge < -0.3 is 19.5 Å². The minimum absolute atomic E-state index is 0.0118. The van der Waals surface area contributed by atoms with Gasteiger partial charge in [-0.15, -0.1) is 0 Å². The second-order valence-electron chi connectivity index (χ2n) is 6.52. The SMILES string of the molecule is COc1cc(NC(=NC[C@H]2CCCO2)NC(=O)c2cccc(F)c2)cc(OC)c1. The van der Waals surface area contributed by atoms with Gasteiger partial charge in [-0.05, 0) is 31.0 Å². The van der Waals surface area contributed by atoms with Gasteiger partial charge in [0.1, 0.15) is 17.3 Å². The van der Waals surface area contributed by atoms with Crippen molar-refractivity contribution in [3.63, 3.8) is 0 Å². The topological polar surface area (TPSA) is 81.2 Å². The fraction of sp³-hybridized carbons (Fsp3) is 0.333. The first kappa shape index (κ1) is 20.6. The Kier molecular flexibility index (Phi) is 7.02. The first-order valence-electron chi connectivity index (χ1n) is 9.30. The van der Waals surface area contributed by atoms with Crippen molar-refractivity contribution in [1.82, 2.24) is 5.32 Å². The lowest BCUT2D eigenvalue weighted by Crippen LogP contribution is -2.36. The number of nitrogens with one attached hydrogen (secondary N) is 2. The maximum atomic E-state index is 13.5. The smallest absolute Gasteiger partial charge is 0.258 e. The number of hydrogen-bond acceptors (Lipinski definition) is 5. The lowest BCUT2D eigenvalue weighted by Gasteiger charge is -2.15. The second-order valence-corrected chi connectivity index (χ2v) is 6.52. The third kappa shape index (κ3) is 5.92. The number of nitrogens with zero attached hydrogens (tertiary/aromatic N) is 1. The summed E-state index contributed by atoms with van der Waals surface area (Å²) in [6, 6.07) is 10.7. The van der Waals surface area contributed by atoms with E-state index < -0.39 is 11.7 Å². The van der Waals surface area contributed by atoms with Crippen molar-refractivity contribution in [2.45, 2.75) is 18.9 Å². The van der Waals surface area contributed by atoms with Gasteiger partial charge in [0.05, 0.1) is 26.9 Å². The number of guanidine groups is 1. The summed E-state index contributed by atoms with van der Waals surface area (Å²) in [6.07, 6.45) is 1.92. The van der Waals surface area contributed by atoms with E-state index in [1.807, 2.05) is 0 Å². The number of ether oxygens (including phenoxy) is 3. The molecule has 0 bridgehead atoms. The van der Waals surface area contributed by atoms with Crippen molar-refractivity contribution >= 4 is 17.6 Å². The Morgan fingerprint density at radius 3 is 2.59 bits per heavy atom. The highest BCUT2D eigenvalue weighted by atomic mass is 19.1. The number of halogens is 1. The highest BCUT2D eigenvalue weighted by molar-refractivity contribution is 6.10. The van der Waals surface area contributed by atoms with E-state index >= 15 is 0 Å². The van der Waals surface area contributed by atoms with Crippen molar-refractivity contribution in [3.8, 4) is 11.5 Å². The number of hydrogen-bond donors (Lipinski definition) is 2. The molecule has 7 nitrogen and oxygen atoms in total. The fourth-order valence-corrected chi connectivity index (χ4v) is 2.92. The number of carbonyl (C=O) groups excluding carboxylic acids is 1. The standard InChI is InChI=1S/C21H24FN3O4/c1-27-18-10-16(11-19(12-18)28-2)24-21(23-13-17-7-4-8-29-17)25-20(26)14-5-3-6-15(22)9-14/h3,5-6,9-12,17H,4,7-8,13H2,1-2H3,(H2,23,24,25,26)/t17-/m1/s1. The number of rotatable bonds is 6. The lowest BCUT2D eigenvalue weighted by molar-refractivity contribution is 0.0975. The molecule has 1 amide bonds. The summed E-state index contributed by atoms with van der Waals surface area (Å²) in [5, 5.41) is 5.78. The molecule has 1 aliphatic heterocycles. The summed E-state index contributed by atoms with van der Waals surface area (Å²) < 4.78 is 29.6. The zero-order chi connectivity index (χ0) is 20.6. The maximum Gasteiger partial charge on any atom is 0.258 e. The molecule has 154 valence electrons. The molecule has 0 radical (unpaired) electrons. The minimum atomic E-state index is -0.485. The minimum Gasteiger partial charge on any atom is -0.497 e. The van der Waals surface area contributed by atoms with E-state index in [9.17, 15) is 9.18 Å². The third-order valence-electron chi connectivity index (χ3n) is 4.41. The van der Waals surface area contributed by atoms with Crippen LogP contribution in [0.5, 0.6) is 11.5 Å². The summed E-state index contributed by atoms with van der Waals surface area (Å²) in [7, 11) is 3.10. The molecule has 2 aromatic carbocycles. The van der Waals surface area contributed by atoms with Crippen molar-refractivity contribution in [1.29, 1.82) is 0 Å². The van der Waals surface area contributed by atoms with E-state index in [0.29, 0.717) is 30.3 Å². The number of aliphatic imine (C=N–C) groups is 1. The van der Waals surface area contributed by atoms with Gasteiger partial charge in [0.2, 0.25) is 5.96 Å². The Hall–Kier alpha value is -3.13. The highest BCUT2D eigenvalue weighted by Crippen LogP contribution is 2.25. The second kappa shape index (κ2) is 9.88. The van der Waals surface area contributed by atoms with E-state index in [0.717, 1.165) is 12.8 Å². The summed E-state index contributed by atoms with van der Waals surface area (Å²) >= 11 is 0. The van der Waals surface area contributed by atoms with Crippen LogP contribution < -0.4 is 20.1 Å². The zero-order valence-electron chi connectivity index (χ0n) is 16.4. The summed E-state index contributed by atoms with van der Waals surface area (Å²) in [4.78, 5) is 17.0. The number of anilines is 1. The van der Waals surface area contributed by atoms with Crippen LogP contribution in [0.1, 0.15) is 23.2 Å². The van der Waals surface area contributed by atoms with E-state index in [4.69, 9.17) is 14.2 Å². The Morgan fingerprint density at radius 2 is 1.97 bits per heavy atom. The highest BCUT2D eigenvalue weighted by Gasteiger charge is 2.16. The molecule has 29 heavy (non-hydrogen) atoms. The van der Waals surface area contributed by atoms with Gasteiger partial charge in [-0.25, -0.2) is 9.38 Å². The maximum absolute atomic E-state index is 13.5. The van der Waals surface area contributed by atoms with Gasteiger partial charge in [0.25, 0.3) is 5.91 Å². The summed E-state index contributed by atoms with van der Waals surface area (Å²) in [6.45, 7) is 1.11. The number of amides is 1. The van der Waals surface area contributed by atoms with Crippen LogP contribution in [0.3, 0.4) is 0 Å². The Bertz CT molecular complexity index is 860. The van der Waals surface area contributed by atoms with Crippen LogP contribution in [0.25, 0.3) is 0 Å². The Balaban J connectivity index is 1.80. The average molecular weight is 401 g/mol. The normalized spacial score (nSPS) is 16.4. The molecule has 1 fully saturated rings. The van der Waals surface area contributed by atoms with Gasteiger partial charge >= 0.3 is 0 Å². The van der Waals surface area contributed by atoms with E-state index in [-0.39, 0.29) is 17.6 Å². The predicted octanol–water partition coefficient (Wildman–Crippen LogP) is 3.22. The van der Waals surface area contributed by atoms with Crippen LogP contribution >= 0.6 is 0 Å². The van der Waals surface area contributed by atoms with Crippen molar-refractivity contribution in [3.05, 3.63) is 53.8 Å². The number of benzene rings is 2. The molecule has 3 rings (SSSR count). The molecule has 0 unspecified atom stereocenters. The first-order valence-corrected chi connectivity index (χ1v) is 9.30. The molecule has 1 atom stereocenters. The quantitative estimate of drug-likeness (QED) is 0.574. The first-order chi connectivity index (χ1) is 14.1. The van der Waals surface area contributed by atoms with E-state index in [1.54, 1.807) is 32.4 Å². The third-order valence-corrected chi connectivity index (χ3v) is 4.41. The van der Waals surface area contributed by atoms with Gasteiger partial charge in [0.15, 0.2) is 0 Å². The molecule has 0 spiro atoms. The molecule has 1 saturated heterocycles. The Morgan fingerprint density at radius 1 is 1.21 bits per heavy atom. The molecule has 0 aromatic heterocycles. The van der Waals surface area contributed by atoms with Crippen LogP contribution in [0.4, 0.5) is 10.1 Å². The van der Waals surface area contributed by atoms with Crippen LogP contribution in [-0.4, -0.2) is 45.3 Å². The monoisotopic (exact) mass is 401 g/mol. The molecular weight excluding hydrogens is 377 g/mol. The summed E-state index contributed by atoms with van der Waals surface area (Å²) in [5.74, 6) is 0.438. The van der Waals surface area contributed by atoms with Crippen LogP contribution in [0.2, 0.25) is 0 Å². The number of carbonyl (C=O) groups is 1. The van der Waals surface area contributed by atoms with Gasteiger partial charge in [-0.3, -0.25) is 10.1 Å². The zero-order valence-corrected chi connectivity index (χ0v) is 16.4. The van der Waals surface area contributed by atoms with Gasteiger partial charge in [-0.2, -0.15) is 0 Å². The molecule has 0 saturated carbocycles. The lowest BCUT2D eigenvalue weighted by atomic mass is 10.2. The average Bonchev–Trinajstić information content (AvgIpc) is 3.25. The van der Waals surface area contributed by atoms with E-state index in [1.165, 1.54) is 24.3 Å². The van der Waals surface area contributed by atoms with Crippen LogP contribution in [0.15, 0.2) is 47.5 Å². The molecule has 8 heteroatoms. The predicted molar refractivity (Wildman–Crippen MR) is 108 cm³/mol. The molecule has 2 N–H and O–H groups in total.